The summed E-state index contributed by atoms with van der Waals surface area (Å²) in [6, 6.07) is 0.222. The van der Waals surface area contributed by atoms with Crippen LogP contribution >= 0.6 is 0 Å². The predicted molar refractivity (Wildman–Crippen MR) is 68.6 cm³/mol. The van der Waals surface area contributed by atoms with Crippen molar-refractivity contribution in [2.24, 2.45) is 5.92 Å². The number of nitrogens with one attached hydrogen (secondary N) is 1. The molecule has 1 aromatic heterocycles. The molecule has 1 atom stereocenters. The number of hydrogen-bond acceptors (Lipinski definition) is 4. The Kier molecular flexibility index (Phi) is 6.11. The third-order valence-corrected chi connectivity index (χ3v) is 3.23. The highest BCUT2D eigenvalue weighted by molar-refractivity contribution is 4.89. The average Bonchev–Trinajstić information content (AvgIpc) is 2.81. The summed E-state index contributed by atoms with van der Waals surface area (Å²) < 4.78 is 1.95. The first-order valence-electron chi connectivity index (χ1n) is 6.72. The van der Waals surface area contributed by atoms with Crippen molar-refractivity contribution in [3.63, 3.8) is 0 Å². The van der Waals surface area contributed by atoms with E-state index in [1.54, 1.807) is 0 Å². The van der Waals surface area contributed by atoms with E-state index in [9.17, 15) is 0 Å². The lowest BCUT2D eigenvalue weighted by atomic mass is 10.0. The van der Waals surface area contributed by atoms with Gasteiger partial charge in [0.15, 0.2) is 5.82 Å². The normalized spacial score (nSPS) is 13.2. The fourth-order valence-electron chi connectivity index (χ4n) is 1.90. The van der Waals surface area contributed by atoms with Crippen LogP contribution in [0.2, 0.25) is 0 Å². The first-order chi connectivity index (χ1) is 8.22. The molecular weight excluding hydrogens is 214 g/mol. The minimum absolute atomic E-state index is 0.222. The molecule has 1 heterocycles. The Morgan fingerprint density at radius 2 is 1.94 bits per heavy atom. The summed E-state index contributed by atoms with van der Waals surface area (Å²) in [5.41, 5.74) is 0. The molecular formula is C12H25N5. The lowest BCUT2D eigenvalue weighted by Crippen LogP contribution is -2.24. The largest absolute Gasteiger partial charge is 0.307 e. The zero-order valence-electron chi connectivity index (χ0n) is 11.5. The van der Waals surface area contributed by atoms with Crippen molar-refractivity contribution in [2.45, 2.75) is 59.5 Å². The summed E-state index contributed by atoms with van der Waals surface area (Å²) in [5.74, 6) is 1.61. The maximum Gasteiger partial charge on any atom is 0.167 e. The quantitative estimate of drug-likeness (QED) is 0.755. The topological polar surface area (TPSA) is 55.6 Å². The molecule has 0 radical (unpaired) electrons. The highest BCUT2D eigenvalue weighted by Gasteiger charge is 2.15. The number of nitrogens with zero attached hydrogens (tertiary/aromatic N) is 4. The van der Waals surface area contributed by atoms with E-state index in [-0.39, 0.29) is 6.04 Å². The van der Waals surface area contributed by atoms with Crippen LogP contribution in [0.25, 0.3) is 0 Å². The minimum Gasteiger partial charge on any atom is -0.307 e. The third kappa shape index (κ3) is 4.07. The smallest absolute Gasteiger partial charge is 0.167 e. The molecule has 0 aromatic carbocycles. The van der Waals surface area contributed by atoms with Gasteiger partial charge >= 0.3 is 0 Å². The molecule has 1 N–H and O–H groups in total. The van der Waals surface area contributed by atoms with Crippen molar-refractivity contribution in [2.75, 3.05) is 6.54 Å². The molecule has 1 unspecified atom stereocenters. The van der Waals surface area contributed by atoms with Crippen LogP contribution in [0.4, 0.5) is 0 Å². The van der Waals surface area contributed by atoms with Gasteiger partial charge in [0.05, 0.1) is 6.04 Å². The zero-order chi connectivity index (χ0) is 12.7. The second-order valence-corrected chi connectivity index (χ2v) is 4.58. The van der Waals surface area contributed by atoms with E-state index in [4.69, 9.17) is 0 Å². The van der Waals surface area contributed by atoms with Gasteiger partial charge in [-0.15, -0.1) is 5.10 Å². The lowest BCUT2D eigenvalue weighted by molar-refractivity contribution is 0.371. The van der Waals surface area contributed by atoms with Crippen molar-refractivity contribution >= 4 is 0 Å². The van der Waals surface area contributed by atoms with Crippen molar-refractivity contribution < 1.29 is 0 Å². The molecule has 0 bridgehead atoms. The van der Waals surface area contributed by atoms with Crippen LogP contribution < -0.4 is 5.32 Å². The van der Waals surface area contributed by atoms with Crippen molar-refractivity contribution in [1.82, 2.24) is 25.5 Å². The van der Waals surface area contributed by atoms with Gasteiger partial charge in [-0.05, 0) is 36.2 Å². The third-order valence-electron chi connectivity index (χ3n) is 3.23. The van der Waals surface area contributed by atoms with Gasteiger partial charge in [0, 0.05) is 6.54 Å². The highest BCUT2D eigenvalue weighted by atomic mass is 15.5. The average molecular weight is 239 g/mol. The van der Waals surface area contributed by atoms with Crippen LogP contribution in [0.3, 0.4) is 0 Å². The summed E-state index contributed by atoms with van der Waals surface area (Å²) in [7, 11) is 0. The van der Waals surface area contributed by atoms with Gasteiger partial charge in [0.1, 0.15) is 0 Å². The molecule has 98 valence electrons. The fourth-order valence-corrected chi connectivity index (χ4v) is 1.90. The molecule has 0 amide bonds. The highest BCUT2D eigenvalue weighted by Crippen LogP contribution is 2.14. The predicted octanol–water partition coefficient (Wildman–Crippen LogP) is 2.17. The van der Waals surface area contributed by atoms with E-state index in [1.165, 1.54) is 12.8 Å². The van der Waals surface area contributed by atoms with Gasteiger partial charge in [-0.3, -0.25) is 0 Å². The van der Waals surface area contributed by atoms with Crippen LogP contribution in [0.15, 0.2) is 0 Å². The van der Waals surface area contributed by atoms with Gasteiger partial charge in [-0.1, -0.05) is 33.6 Å². The summed E-state index contributed by atoms with van der Waals surface area (Å²) >= 11 is 0. The van der Waals surface area contributed by atoms with Crippen LogP contribution in [-0.4, -0.2) is 26.8 Å². The number of hydrogen-bond donors (Lipinski definition) is 1. The Hall–Kier alpha value is -0.970. The van der Waals surface area contributed by atoms with Crippen LogP contribution in [-0.2, 0) is 6.54 Å². The molecule has 0 saturated carbocycles. The van der Waals surface area contributed by atoms with E-state index >= 15 is 0 Å². The van der Waals surface area contributed by atoms with Crippen molar-refractivity contribution in [3.8, 4) is 0 Å². The van der Waals surface area contributed by atoms with Crippen molar-refractivity contribution in [3.05, 3.63) is 5.82 Å². The van der Waals surface area contributed by atoms with Gasteiger partial charge in [0.2, 0.25) is 0 Å². The summed E-state index contributed by atoms with van der Waals surface area (Å²) in [6.45, 7) is 10.6. The van der Waals surface area contributed by atoms with Crippen LogP contribution in [0.5, 0.6) is 0 Å². The van der Waals surface area contributed by atoms with Gasteiger partial charge in [-0.25, -0.2) is 4.68 Å². The van der Waals surface area contributed by atoms with Gasteiger partial charge in [0.25, 0.3) is 0 Å². The summed E-state index contributed by atoms with van der Waals surface area (Å²) in [4.78, 5) is 0. The molecule has 0 aliphatic carbocycles. The van der Waals surface area contributed by atoms with Crippen LogP contribution in [0.1, 0.15) is 58.8 Å². The maximum absolute atomic E-state index is 4.13. The van der Waals surface area contributed by atoms with Crippen molar-refractivity contribution in [1.29, 1.82) is 0 Å². The molecule has 0 aliphatic heterocycles. The number of tetrazole rings is 1. The lowest BCUT2D eigenvalue weighted by Gasteiger charge is -2.16. The van der Waals surface area contributed by atoms with Crippen LogP contribution in [0, 0.1) is 5.92 Å². The second kappa shape index (κ2) is 7.37. The fraction of sp³-hybridized carbons (Fsp3) is 0.917. The number of aromatic nitrogens is 4. The SMILES string of the molecule is CCCNC(C)c1nnnn1CC(CC)CC. The van der Waals surface area contributed by atoms with E-state index in [2.05, 4.69) is 48.5 Å². The molecule has 0 saturated heterocycles. The zero-order valence-corrected chi connectivity index (χ0v) is 11.5. The second-order valence-electron chi connectivity index (χ2n) is 4.58. The monoisotopic (exact) mass is 239 g/mol. The van der Waals surface area contributed by atoms with E-state index < -0.39 is 0 Å². The minimum atomic E-state index is 0.222. The molecule has 0 fully saturated rings. The first kappa shape index (κ1) is 14.1. The van der Waals surface area contributed by atoms with Gasteiger partial charge < -0.3 is 5.32 Å². The van der Waals surface area contributed by atoms with Gasteiger partial charge in [-0.2, -0.15) is 0 Å². The molecule has 5 heteroatoms. The molecule has 1 aromatic rings. The molecule has 5 nitrogen and oxygen atoms in total. The van der Waals surface area contributed by atoms with E-state index in [0.29, 0.717) is 5.92 Å². The summed E-state index contributed by atoms with van der Waals surface area (Å²) in [6.07, 6.45) is 3.47. The maximum atomic E-state index is 4.13. The Morgan fingerprint density at radius 3 is 2.53 bits per heavy atom. The molecule has 0 spiro atoms. The Labute approximate surface area is 104 Å². The Balaban J connectivity index is 2.64. The van der Waals surface area contributed by atoms with E-state index in [0.717, 1.165) is 25.3 Å². The Morgan fingerprint density at radius 1 is 1.24 bits per heavy atom. The number of rotatable bonds is 8. The van der Waals surface area contributed by atoms with E-state index in [1.807, 2.05) is 4.68 Å². The Bertz CT molecular complexity index is 306. The first-order valence-corrected chi connectivity index (χ1v) is 6.72. The molecule has 17 heavy (non-hydrogen) atoms. The molecule has 0 aliphatic rings. The standard InChI is InChI=1S/C12H25N5/c1-5-8-13-10(4)12-14-15-16-17(12)9-11(6-2)7-3/h10-11,13H,5-9H2,1-4H3. The summed E-state index contributed by atoms with van der Waals surface area (Å²) in [5, 5.41) is 15.4. The molecule has 1 rings (SSSR count).